The molecule has 172 valence electrons. The zero-order valence-electron chi connectivity index (χ0n) is 19.4. The van der Waals surface area contributed by atoms with E-state index in [4.69, 9.17) is 11.6 Å². The van der Waals surface area contributed by atoms with Crippen molar-refractivity contribution in [2.45, 2.75) is 63.1 Å². The maximum absolute atomic E-state index is 13.0. The van der Waals surface area contributed by atoms with Gasteiger partial charge in [-0.05, 0) is 63.1 Å². The van der Waals surface area contributed by atoms with E-state index in [9.17, 15) is 4.79 Å². The van der Waals surface area contributed by atoms with Gasteiger partial charge < -0.3 is 20.4 Å². The average Bonchev–Trinajstić information content (AvgIpc) is 3.56. The van der Waals surface area contributed by atoms with E-state index in [-0.39, 0.29) is 17.6 Å². The molecule has 7 nitrogen and oxygen atoms in total. The second-order valence-electron chi connectivity index (χ2n) is 9.33. The van der Waals surface area contributed by atoms with Gasteiger partial charge in [0.05, 0.1) is 5.54 Å². The number of hydrogen-bond donors (Lipinski definition) is 2. The number of hydrogen-bond acceptors (Lipinski definition) is 5. The number of halogens is 1. The molecule has 32 heavy (non-hydrogen) atoms. The van der Waals surface area contributed by atoms with E-state index >= 15 is 0 Å². The van der Waals surface area contributed by atoms with Gasteiger partial charge in [0, 0.05) is 50.0 Å². The average molecular weight is 457 g/mol. The molecule has 0 saturated heterocycles. The molecular weight excluding hydrogens is 424 g/mol. The third-order valence-electron chi connectivity index (χ3n) is 6.74. The van der Waals surface area contributed by atoms with Crippen molar-refractivity contribution in [1.29, 1.82) is 0 Å². The Morgan fingerprint density at radius 3 is 2.25 bits per heavy atom. The maximum atomic E-state index is 13.0. The number of aromatic nitrogens is 2. The Balaban J connectivity index is 1.29. The monoisotopic (exact) mass is 456 g/mol. The van der Waals surface area contributed by atoms with Crippen molar-refractivity contribution in [1.82, 2.24) is 20.2 Å². The molecule has 1 aromatic carbocycles. The SMILES string of the molecule is Cc1cc(N(C)C)nc(NC2CCC(NC(=O)N(C)C3(c4ccc(Cl)cc4)CC3)CC2)n1. The fourth-order valence-electron chi connectivity index (χ4n) is 4.57. The second-order valence-corrected chi connectivity index (χ2v) is 9.76. The summed E-state index contributed by atoms with van der Waals surface area (Å²) in [7, 11) is 5.87. The molecule has 1 aromatic heterocycles. The van der Waals surface area contributed by atoms with Gasteiger partial charge in [-0.25, -0.2) is 9.78 Å². The largest absolute Gasteiger partial charge is 0.363 e. The summed E-state index contributed by atoms with van der Waals surface area (Å²) in [5, 5.41) is 7.47. The van der Waals surface area contributed by atoms with Crippen LogP contribution < -0.4 is 15.5 Å². The first-order chi connectivity index (χ1) is 15.3. The predicted molar refractivity (Wildman–Crippen MR) is 129 cm³/mol. The highest BCUT2D eigenvalue weighted by atomic mass is 35.5. The van der Waals surface area contributed by atoms with Crippen molar-refractivity contribution < 1.29 is 4.79 Å². The quantitative estimate of drug-likeness (QED) is 0.666. The van der Waals surface area contributed by atoms with Crippen LogP contribution >= 0.6 is 11.6 Å². The lowest BCUT2D eigenvalue weighted by Crippen LogP contribution is -2.49. The van der Waals surface area contributed by atoms with Crippen LogP contribution in [0.1, 0.15) is 49.8 Å². The zero-order chi connectivity index (χ0) is 22.9. The van der Waals surface area contributed by atoms with E-state index in [1.807, 2.05) is 68.2 Å². The van der Waals surface area contributed by atoms with E-state index < -0.39 is 0 Å². The lowest BCUT2D eigenvalue weighted by molar-refractivity contribution is 0.175. The minimum Gasteiger partial charge on any atom is -0.363 e. The number of anilines is 2. The Morgan fingerprint density at radius 2 is 1.66 bits per heavy atom. The van der Waals surface area contributed by atoms with Gasteiger partial charge in [-0.2, -0.15) is 4.98 Å². The molecule has 1 heterocycles. The Hall–Kier alpha value is -2.54. The fourth-order valence-corrected chi connectivity index (χ4v) is 4.70. The van der Waals surface area contributed by atoms with Crippen molar-refractivity contribution in [3.63, 3.8) is 0 Å². The molecule has 0 atom stereocenters. The molecule has 0 bridgehead atoms. The van der Waals surface area contributed by atoms with Crippen molar-refractivity contribution in [2.24, 2.45) is 0 Å². The van der Waals surface area contributed by atoms with E-state index in [0.717, 1.165) is 60.6 Å². The predicted octanol–water partition coefficient (Wildman–Crippen LogP) is 4.56. The first-order valence-corrected chi connectivity index (χ1v) is 11.7. The molecule has 0 spiro atoms. The van der Waals surface area contributed by atoms with E-state index in [2.05, 4.69) is 20.6 Å². The van der Waals surface area contributed by atoms with Gasteiger partial charge in [0.15, 0.2) is 0 Å². The van der Waals surface area contributed by atoms with Crippen LogP contribution in [0.2, 0.25) is 5.02 Å². The van der Waals surface area contributed by atoms with Crippen molar-refractivity contribution in [2.75, 3.05) is 31.4 Å². The summed E-state index contributed by atoms with van der Waals surface area (Å²) in [5.74, 6) is 1.58. The van der Waals surface area contributed by atoms with Crippen LogP contribution in [0.15, 0.2) is 30.3 Å². The summed E-state index contributed by atoms with van der Waals surface area (Å²) in [4.78, 5) is 26.0. The summed E-state index contributed by atoms with van der Waals surface area (Å²) in [6.45, 7) is 1.99. The van der Waals surface area contributed by atoms with E-state index in [1.54, 1.807) is 0 Å². The molecule has 0 unspecified atom stereocenters. The molecule has 2 amide bonds. The van der Waals surface area contributed by atoms with Crippen LogP contribution in [0.25, 0.3) is 0 Å². The first-order valence-electron chi connectivity index (χ1n) is 11.4. The normalized spacial score (nSPS) is 21.5. The highest BCUT2D eigenvalue weighted by Gasteiger charge is 2.50. The Labute approximate surface area is 195 Å². The summed E-state index contributed by atoms with van der Waals surface area (Å²) in [6.07, 6.45) is 5.81. The molecule has 2 aromatic rings. The van der Waals surface area contributed by atoms with Crippen LogP contribution in [0.3, 0.4) is 0 Å². The molecular formula is C24H33ClN6O. The maximum Gasteiger partial charge on any atom is 0.318 e. The molecule has 8 heteroatoms. The van der Waals surface area contributed by atoms with Crippen LogP contribution in [-0.2, 0) is 5.54 Å². The molecule has 0 radical (unpaired) electrons. The number of urea groups is 1. The number of nitrogens with one attached hydrogen (secondary N) is 2. The molecule has 2 fully saturated rings. The van der Waals surface area contributed by atoms with E-state index in [0.29, 0.717) is 12.0 Å². The molecule has 2 aliphatic rings. The van der Waals surface area contributed by atoms with E-state index in [1.165, 1.54) is 0 Å². The third kappa shape index (κ3) is 4.93. The molecule has 0 aliphatic heterocycles. The molecule has 2 aliphatic carbocycles. The second kappa shape index (κ2) is 9.14. The number of nitrogens with zero attached hydrogens (tertiary/aromatic N) is 4. The van der Waals surface area contributed by atoms with Gasteiger partial charge in [0.2, 0.25) is 5.95 Å². The topological polar surface area (TPSA) is 73.4 Å². The number of rotatable bonds is 6. The third-order valence-corrected chi connectivity index (χ3v) is 6.99. The molecule has 4 rings (SSSR count). The van der Waals surface area contributed by atoms with Gasteiger partial charge >= 0.3 is 6.03 Å². The van der Waals surface area contributed by atoms with Crippen LogP contribution in [0.5, 0.6) is 0 Å². The summed E-state index contributed by atoms with van der Waals surface area (Å²) >= 11 is 6.04. The summed E-state index contributed by atoms with van der Waals surface area (Å²) in [5.41, 5.74) is 1.91. The van der Waals surface area contributed by atoms with Gasteiger partial charge in [0.1, 0.15) is 5.82 Å². The van der Waals surface area contributed by atoms with Gasteiger partial charge in [-0.3, -0.25) is 0 Å². The highest BCUT2D eigenvalue weighted by Crippen LogP contribution is 2.50. The standard InChI is InChI=1S/C24H33ClN6O/c1-16-15-21(30(2)3)29-22(26-16)27-19-9-11-20(12-10-19)28-23(32)31(4)24(13-14-24)17-5-7-18(25)8-6-17/h5-8,15,19-20H,9-14H2,1-4H3,(H,28,32)(H,26,27,29). The van der Waals surface area contributed by atoms with Gasteiger partial charge in [0.25, 0.3) is 0 Å². The molecule has 2 N–H and O–H groups in total. The number of carbonyl (C=O) groups excluding carboxylic acids is 1. The zero-order valence-corrected chi connectivity index (χ0v) is 20.1. The minimum atomic E-state index is -0.194. The van der Waals surface area contributed by atoms with Crippen molar-refractivity contribution >= 4 is 29.4 Å². The van der Waals surface area contributed by atoms with Crippen LogP contribution in [0.4, 0.5) is 16.6 Å². The van der Waals surface area contributed by atoms with Crippen LogP contribution in [0, 0.1) is 6.92 Å². The summed E-state index contributed by atoms with van der Waals surface area (Å²) < 4.78 is 0. The number of benzene rings is 1. The van der Waals surface area contributed by atoms with Crippen LogP contribution in [-0.4, -0.2) is 54.1 Å². The molecule has 2 saturated carbocycles. The first kappa shape index (κ1) is 22.6. The highest BCUT2D eigenvalue weighted by molar-refractivity contribution is 6.30. The van der Waals surface area contributed by atoms with Crippen molar-refractivity contribution in [3.05, 3.63) is 46.6 Å². The number of aryl methyl sites for hydroxylation is 1. The Morgan fingerprint density at radius 1 is 1.03 bits per heavy atom. The lowest BCUT2D eigenvalue weighted by Gasteiger charge is -2.34. The van der Waals surface area contributed by atoms with Gasteiger partial charge in [-0.1, -0.05) is 23.7 Å². The smallest absolute Gasteiger partial charge is 0.318 e. The number of carbonyl (C=O) groups is 1. The fraction of sp³-hybridized carbons (Fsp3) is 0.542. The van der Waals surface area contributed by atoms with Crippen molar-refractivity contribution in [3.8, 4) is 0 Å². The Kier molecular flexibility index (Phi) is 6.47. The Bertz CT molecular complexity index is 951. The summed E-state index contributed by atoms with van der Waals surface area (Å²) in [6, 6.07) is 10.4. The minimum absolute atomic E-state index is 0.00602. The van der Waals surface area contributed by atoms with Gasteiger partial charge in [-0.15, -0.1) is 0 Å². The number of amides is 2. The lowest BCUT2D eigenvalue weighted by atomic mass is 9.91.